The number of fused-ring (bicyclic) bond motifs is 3. The topological polar surface area (TPSA) is 83.8 Å². The highest BCUT2D eigenvalue weighted by atomic mass is 35.5. The van der Waals surface area contributed by atoms with Crippen LogP contribution < -0.4 is 14.2 Å². The molecular formula is C24H21ClN2O5. The minimum absolute atomic E-state index is 0.00635. The summed E-state index contributed by atoms with van der Waals surface area (Å²) in [6.45, 7) is 0. The van der Waals surface area contributed by atoms with Gasteiger partial charge in [0.1, 0.15) is 5.75 Å². The summed E-state index contributed by atoms with van der Waals surface area (Å²) < 4.78 is 17.1. The molecule has 3 aromatic carbocycles. The van der Waals surface area contributed by atoms with Crippen molar-refractivity contribution < 1.29 is 24.4 Å². The van der Waals surface area contributed by atoms with Crippen molar-refractivity contribution in [1.82, 2.24) is 5.01 Å². The van der Waals surface area contributed by atoms with Gasteiger partial charge in [-0.3, -0.25) is 0 Å². The lowest BCUT2D eigenvalue weighted by atomic mass is 9.95. The van der Waals surface area contributed by atoms with Crippen molar-refractivity contribution in [2.24, 2.45) is 5.10 Å². The Balaban J connectivity index is 1.64. The lowest BCUT2D eigenvalue weighted by Crippen LogP contribution is -2.33. The van der Waals surface area contributed by atoms with Gasteiger partial charge in [-0.15, -0.1) is 0 Å². The highest BCUT2D eigenvalue weighted by Gasteiger charge is 2.42. The molecule has 0 bridgehead atoms. The van der Waals surface area contributed by atoms with Crippen molar-refractivity contribution in [2.45, 2.75) is 18.7 Å². The first-order valence-electron chi connectivity index (χ1n) is 10.1. The Morgan fingerprint density at radius 3 is 2.56 bits per heavy atom. The molecule has 5 rings (SSSR count). The summed E-state index contributed by atoms with van der Waals surface area (Å²) in [5, 5.41) is 28.0. The fourth-order valence-corrected chi connectivity index (χ4v) is 4.40. The zero-order chi connectivity index (χ0) is 22.4. The van der Waals surface area contributed by atoms with Gasteiger partial charge in [0.2, 0.25) is 6.23 Å². The number of aromatic hydroxyl groups is 2. The molecule has 2 aliphatic rings. The van der Waals surface area contributed by atoms with Crippen molar-refractivity contribution in [3.05, 3.63) is 76.3 Å². The highest BCUT2D eigenvalue weighted by Crippen LogP contribution is 2.51. The number of phenols is 2. The zero-order valence-corrected chi connectivity index (χ0v) is 18.2. The number of benzene rings is 3. The standard InChI is InChI=1S/C24H21ClN2O5/c1-30-21-9-6-13(10-20(21)29)24-27-18(15-4-3-5-22(31-2)23(15)32-24)12-17(26-27)16-11-14(25)7-8-19(16)28/h3-11,18,24,28-29H,12H2,1-2H3/t18-,24-/m1/s1. The van der Waals surface area contributed by atoms with Gasteiger partial charge in [0.15, 0.2) is 23.0 Å². The molecule has 2 heterocycles. The number of para-hydroxylation sites is 1. The molecule has 3 aromatic rings. The first-order valence-corrected chi connectivity index (χ1v) is 10.4. The maximum Gasteiger partial charge on any atom is 0.214 e. The molecule has 0 aromatic heterocycles. The van der Waals surface area contributed by atoms with Crippen LogP contribution in [0.3, 0.4) is 0 Å². The molecule has 32 heavy (non-hydrogen) atoms. The number of phenolic OH excluding ortho intramolecular Hbond substituents is 2. The number of rotatable bonds is 4. The molecule has 2 aliphatic heterocycles. The minimum atomic E-state index is -0.626. The van der Waals surface area contributed by atoms with Gasteiger partial charge >= 0.3 is 0 Å². The van der Waals surface area contributed by atoms with Crippen LogP contribution in [-0.4, -0.2) is 35.2 Å². The molecule has 164 valence electrons. The number of nitrogens with zero attached hydrogens (tertiary/aromatic N) is 2. The summed E-state index contributed by atoms with van der Waals surface area (Å²) >= 11 is 6.18. The second kappa shape index (κ2) is 7.84. The molecule has 8 heteroatoms. The predicted octanol–water partition coefficient (Wildman–Crippen LogP) is 5.01. The number of hydrogen-bond donors (Lipinski definition) is 2. The van der Waals surface area contributed by atoms with E-state index >= 15 is 0 Å². The van der Waals surface area contributed by atoms with Crippen LogP contribution in [-0.2, 0) is 0 Å². The van der Waals surface area contributed by atoms with E-state index in [-0.39, 0.29) is 17.5 Å². The van der Waals surface area contributed by atoms with Gasteiger partial charge < -0.3 is 24.4 Å². The van der Waals surface area contributed by atoms with E-state index in [1.807, 2.05) is 29.3 Å². The second-order valence-corrected chi connectivity index (χ2v) is 8.02. The SMILES string of the molecule is COc1ccc([C@H]2Oc3c(OC)cccc3[C@H]3CC(c4cc(Cl)ccc4O)=NN32)cc1O. The molecule has 0 radical (unpaired) electrons. The quantitative estimate of drug-likeness (QED) is 0.579. The van der Waals surface area contributed by atoms with E-state index in [9.17, 15) is 10.2 Å². The number of methoxy groups -OCH3 is 2. The monoisotopic (exact) mass is 452 g/mol. The predicted molar refractivity (Wildman–Crippen MR) is 120 cm³/mol. The maximum absolute atomic E-state index is 10.4. The van der Waals surface area contributed by atoms with Gasteiger partial charge in [0.05, 0.1) is 26.0 Å². The van der Waals surface area contributed by atoms with Crippen LogP contribution in [0, 0.1) is 0 Å². The lowest BCUT2D eigenvalue weighted by molar-refractivity contribution is -0.0210. The van der Waals surface area contributed by atoms with Crippen LogP contribution in [0.2, 0.25) is 5.02 Å². The van der Waals surface area contributed by atoms with Crippen molar-refractivity contribution in [1.29, 1.82) is 0 Å². The van der Waals surface area contributed by atoms with E-state index in [2.05, 4.69) is 0 Å². The Morgan fingerprint density at radius 1 is 1.00 bits per heavy atom. The van der Waals surface area contributed by atoms with E-state index in [1.165, 1.54) is 7.11 Å². The number of hydrazone groups is 1. The number of halogens is 1. The second-order valence-electron chi connectivity index (χ2n) is 7.59. The van der Waals surface area contributed by atoms with E-state index in [1.54, 1.807) is 37.4 Å². The van der Waals surface area contributed by atoms with Gasteiger partial charge in [-0.25, -0.2) is 5.01 Å². The molecule has 2 atom stereocenters. The first-order chi connectivity index (χ1) is 15.5. The van der Waals surface area contributed by atoms with Gasteiger partial charge in [-0.05, 0) is 42.5 Å². The third-order valence-corrected chi connectivity index (χ3v) is 5.99. The number of hydrogen-bond acceptors (Lipinski definition) is 7. The molecule has 0 fully saturated rings. The Labute approximate surface area is 190 Å². The lowest BCUT2D eigenvalue weighted by Gasteiger charge is -2.38. The molecule has 0 unspecified atom stereocenters. The molecular weight excluding hydrogens is 432 g/mol. The Bertz CT molecular complexity index is 1230. The Morgan fingerprint density at radius 2 is 1.81 bits per heavy atom. The maximum atomic E-state index is 10.4. The van der Waals surface area contributed by atoms with Crippen molar-refractivity contribution in [3.8, 4) is 28.7 Å². The number of ether oxygens (including phenoxy) is 3. The van der Waals surface area contributed by atoms with Crippen molar-refractivity contribution in [3.63, 3.8) is 0 Å². The van der Waals surface area contributed by atoms with Crippen LogP contribution in [0.15, 0.2) is 59.7 Å². The molecule has 0 aliphatic carbocycles. The highest BCUT2D eigenvalue weighted by molar-refractivity contribution is 6.31. The van der Waals surface area contributed by atoms with Crippen LogP contribution in [0.4, 0.5) is 0 Å². The van der Waals surface area contributed by atoms with Gasteiger partial charge in [0.25, 0.3) is 0 Å². The minimum Gasteiger partial charge on any atom is -0.507 e. The molecule has 0 saturated carbocycles. The molecule has 7 nitrogen and oxygen atoms in total. The van der Waals surface area contributed by atoms with E-state index < -0.39 is 6.23 Å². The normalized spacial score (nSPS) is 19.0. The largest absolute Gasteiger partial charge is 0.507 e. The molecule has 2 N–H and O–H groups in total. The van der Waals surface area contributed by atoms with Crippen LogP contribution in [0.25, 0.3) is 0 Å². The van der Waals surface area contributed by atoms with Crippen molar-refractivity contribution >= 4 is 17.3 Å². The molecule has 0 amide bonds. The average molecular weight is 453 g/mol. The van der Waals surface area contributed by atoms with Crippen LogP contribution >= 0.6 is 11.6 Å². The summed E-state index contributed by atoms with van der Waals surface area (Å²) in [5.41, 5.74) is 2.90. The third kappa shape index (κ3) is 3.26. The van der Waals surface area contributed by atoms with E-state index in [4.69, 9.17) is 30.9 Å². The fourth-order valence-electron chi connectivity index (χ4n) is 4.23. The van der Waals surface area contributed by atoms with Gasteiger partial charge in [0, 0.05) is 28.1 Å². The van der Waals surface area contributed by atoms with E-state index in [0.717, 1.165) is 5.56 Å². The zero-order valence-electron chi connectivity index (χ0n) is 17.4. The Kier molecular flexibility index (Phi) is 4.98. The summed E-state index contributed by atoms with van der Waals surface area (Å²) in [5.74, 6) is 1.73. The van der Waals surface area contributed by atoms with Gasteiger partial charge in [-0.2, -0.15) is 5.10 Å². The first kappa shape index (κ1) is 20.3. The van der Waals surface area contributed by atoms with Crippen molar-refractivity contribution in [2.75, 3.05) is 14.2 Å². The molecule has 0 spiro atoms. The smallest absolute Gasteiger partial charge is 0.214 e. The van der Waals surface area contributed by atoms with Crippen LogP contribution in [0.1, 0.15) is 35.4 Å². The van der Waals surface area contributed by atoms with Crippen LogP contribution in [0.5, 0.6) is 28.7 Å². The summed E-state index contributed by atoms with van der Waals surface area (Å²) in [6, 6.07) is 15.6. The average Bonchev–Trinajstić information content (AvgIpc) is 3.25. The summed E-state index contributed by atoms with van der Waals surface area (Å²) in [4.78, 5) is 0. The summed E-state index contributed by atoms with van der Waals surface area (Å²) in [7, 11) is 3.09. The van der Waals surface area contributed by atoms with E-state index in [0.29, 0.717) is 45.5 Å². The fraction of sp³-hybridized carbons (Fsp3) is 0.208. The molecule has 0 saturated heterocycles. The van der Waals surface area contributed by atoms with Gasteiger partial charge in [-0.1, -0.05) is 23.7 Å². The Hall–Kier alpha value is -3.58. The summed E-state index contributed by atoms with van der Waals surface area (Å²) in [6.07, 6.45) is -0.0878. The third-order valence-electron chi connectivity index (χ3n) is 5.76.